The molecule has 2 aliphatic heterocycles. The van der Waals surface area contributed by atoms with Gasteiger partial charge in [-0.3, -0.25) is 4.79 Å². The molecule has 7 heteroatoms. The number of pyridine rings is 2. The predicted octanol–water partition coefficient (Wildman–Crippen LogP) is 2.82. The van der Waals surface area contributed by atoms with Crippen LogP contribution in [0.4, 0.5) is 0 Å². The van der Waals surface area contributed by atoms with Crippen LogP contribution in [-0.4, -0.2) is 27.7 Å². The van der Waals surface area contributed by atoms with Crippen LogP contribution in [0.2, 0.25) is 0 Å². The van der Waals surface area contributed by atoms with E-state index in [1.165, 1.54) is 0 Å². The summed E-state index contributed by atoms with van der Waals surface area (Å²) >= 11 is 0. The summed E-state index contributed by atoms with van der Waals surface area (Å²) in [6, 6.07) is 7.53. The van der Waals surface area contributed by atoms with Crippen molar-refractivity contribution in [2.45, 2.75) is 38.5 Å². The number of fused-ring (bicyclic) bond motifs is 5. The number of rotatable bonds is 4. The van der Waals surface area contributed by atoms with Crippen LogP contribution in [0.25, 0.3) is 22.3 Å². The molecule has 31 heavy (non-hydrogen) atoms. The van der Waals surface area contributed by atoms with E-state index in [4.69, 9.17) is 14.5 Å². The highest BCUT2D eigenvalue weighted by Crippen LogP contribution is 2.39. The molecule has 0 radical (unpaired) electrons. The number of aliphatic hydroxyl groups is 1. The normalized spacial score (nSPS) is 18.9. The summed E-state index contributed by atoms with van der Waals surface area (Å²) in [5, 5.41) is 11.9. The average molecular weight is 418 g/mol. The Bertz CT molecular complexity index is 1340. The van der Waals surface area contributed by atoms with E-state index in [2.05, 4.69) is 6.58 Å². The summed E-state index contributed by atoms with van der Waals surface area (Å²) in [7, 11) is 1.63. The van der Waals surface area contributed by atoms with Gasteiger partial charge in [-0.25, -0.2) is 9.78 Å². The second kappa shape index (κ2) is 6.78. The van der Waals surface area contributed by atoms with Crippen molar-refractivity contribution in [1.29, 1.82) is 0 Å². The summed E-state index contributed by atoms with van der Waals surface area (Å²) in [5.41, 5.74) is 2.50. The molecule has 2 aromatic heterocycles. The van der Waals surface area contributed by atoms with E-state index < -0.39 is 11.6 Å². The second-order valence-electron chi connectivity index (χ2n) is 7.91. The first-order valence-electron chi connectivity index (χ1n) is 10.2. The van der Waals surface area contributed by atoms with E-state index >= 15 is 0 Å². The van der Waals surface area contributed by atoms with E-state index in [-0.39, 0.29) is 18.6 Å². The largest absolute Gasteiger partial charge is 0.496 e. The van der Waals surface area contributed by atoms with Crippen LogP contribution in [0.15, 0.2) is 41.7 Å². The molecule has 1 N–H and O–H groups in total. The summed E-state index contributed by atoms with van der Waals surface area (Å²) < 4.78 is 12.3. The number of ether oxygens (including phenoxy) is 2. The van der Waals surface area contributed by atoms with Gasteiger partial charge < -0.3 is 19.1 Å². The van der Waals surface area contributed by atoms with E-state index in [1.54, 1.807) is 24.7 Å². The molecule has 0 fully saturated rings. The minimum absolute atomic E-state index is 0.116. The van der Waals surface area contributed by atoms with Crippen molar-refractivity contribution in [2.24, 2.45) is 0 Å². The lowest BCUT2D eigenvalue weighted by Crippen LogP contribution is -2.44. The Balaban J connectivity index is 1.76. The molecule has 158 valence electrons. The minimum Gasteiger partial charge on any atom is -0.496 e. The van der Waals surface area contributed by atoms with Crippen molar-refractivity contribution < 1.29 is 19.4 Å². The molecule has 2 aliphatic rings. The summed E-state index contributed by atoms with van der Waals surface area (Å²) in [6.45, 7) is 5.76. The molecule has 0 amide bonds. The smallest absolute Gasteiger partial charge is 0.343 e. The van der Waals surface area contributed by atoms with Gasteiger partial charge in [0.05, 0.1) is 36.1 Å². The van der Waals surface area contributed by atoms with Gasteiger partial charge in [0.1, 0.15) is 12.4 Å². The van der Waals surface area contributed by atoms with Crippen molar-refractivity contribution in [3.8, 4) is 17.1 Å². The van der Waals surface area contributed by atoms with Gasteiger partial charge >= 0.3 is 5.97 Å². The molecule has 0 saturated heterocycles. The third-order valence-electron chi connectivity index (χ3n) is 6.33. The second-order valence-corrected chi connectivity index (χ2v) is 7.91. The van der Waals surface area contributed by atoms with Crippen molar-refractivity contribution in [1.82, 2.24) is 9.55 Å². The van der Waals surface area contributed by atoms with Crippen LogP contribution in [0.3, 0.4) is 0 Å². The van der Waals surface area contributed by atoms with Crippen LogP contribution in [0, 0.1) is 0 Å². The van der Waals surface area contributed by atoms with E-state index in [0.29, 0.717) is 35.5 Å². The lowest BCUT2D eigenvalue weighted by Gasteiger charge is -2.31. The number of hydrogen-bond acceptors (Lipinski definition) is 6. The van der Waals surface area contributed by atoms with Gasteiger partial charge in [-0.1, -0.05) is 13.0 Å². The molecule has 7 nitrogen and oxygen atoms in total. The maximum atomic E-state index is 13.2. The molecular weight excluding hydrogens is 396 g/mol. The molecule has 1 aromatic carbocycles. The zero-order chi connectivity index (χ0) is 21.9. The van der Waals surface area contributed by atoms with E-state index in [0.717, 1.165) is 27.8 Å². The fourth-order valence-electron chi connectivity index (χ4n) is 4.64. The quantitative estimate of drug-likeness (QED) is 0.405. The number of cyclic esters (lactones) is 1. The topological polar surface area (TPSA) is 90.7 Å². The van der Waals surface area contributed by atoms with Crippen molar-refractivity contribution in [3.05, 3.63) is 69.5 Å². The Morgan fingerprint density at radius 2 is 2.16 bits per heavy atom. The molecular formula is C24H22N2O5. The zero-order valence-electron chi connectivity index (χ0n) is 17.4. The van der Waals surface area contributed by atoms with Gasteiger partial charge in [-0.2, -0.15) is 0 Å². The first kappa shape index (κ1) is 19.5. The summed E-state index contributed by atoms with van der Waals surface area (Å²) in [4.78, 5) is 30.4. The fraction of sp³-hybridized carbons (Fsp3) is 0.292. The van der Waals surface area contributed by atoms with Crippen LogP contribution < -0.4 is 10.3 Å². The number of benzene rings is 1. The molecule has 0 saturated carbocycles. The van der Waals surface area contributed by atoms with Gasteiger partial charge in [-0.05, 0) is 37.1 Å². The summed E-state index contributed by atoms with van der Waals surface area (Å²) in [5.74, 6) is 0.0404. The van der Waals surface area contributed by atoms with E-state index in [1.807, 2.05) is 24.3 Å². The first-order valence-corrected chi connectivity index (χ1v) is 10.2. The van der Waals surface area contributed by atoms with Crippen LogP contribution >= 0.6 is 0 Å². The van der Waals surface area contributed by atoms with Gasteiger partial charge in [0.15, 0.2) is 5.60 Å². The molecule has 0 bridgehead atoms. The Morgan fingerprint density at radius 1 is 1.35 bits per heavy atom. The Labute approximate surface area is 178 Å². The fourth-order valence-corrected chi connectivity index (χ4v) is 4.64. The molecule has 3 aromatic rings. The average Bonchev–Trinajstić information content (AvgIpc) is 3.14. The van der Waals surface area contributed by atoms with Crippen molar-refractivity contribution in [3.63, 3.8) is 0 Å². The molecule has 5 rings (SSSR count). The molecule has 0 spiro atoms. The van der Waals surface area contributed by atoms with Gasteiger partial charge in [0.25, 0.3) is 5.56 Å². The number of aromatic nitrogens is 2. The van der Waals surface area contributed by atoms with Crippen LogP contribution in [0.5, 0.6) is 5.75 Å². The van der Waals surface area contributed by atoms with Gasteiger partial charge in [0, 0.05) is 22.1 Å². The monoisotopic (exact) mass is 418 g/mol. The molecule has 4 heterocycles. The standard InChI is InChI=1S/C24H22N2O5/c1-4-6-14-15-9-13-11-26-19(21(13)25-18(15)7-8-20(14)30-3)10-17-16(22(26)27)12-31-23(28)24(17,29)5-2/h4,7-10,29H,1,5-6,11-12H2,2-3H3/t24-/m0/s1. The Morgan fingerprint density at radius 3 is 2.87 bits per heavy atom. The molecule has 0 unspecified atom stereocenters. The lowest BCUT2D eigenvalue weighted by atomic mass is 9.86. The Kier molecular flexibility index (Phi) is 4.27. The lowest BCUT2D eigenvalue weighted by molar-refractivity contribution is -0.172. The number of carbonyl (C=O) groups excluding carboxylic acids is 1. The van der Waals surface area contributed by atoms with Crippen molar-refractivity contribution >= 4 is 16.9 Å². The maximum absolute atomic E-state index is 13.2. The van der Waals surface area contributed by atoms with E-state index in [9.17, 15) is 14.7 Å². The first-order chi connectivity index (χ1) is 14.9. The minimum atomic E-state index is -1.83. The molecule has 0 aliphatic carbocycles. The summed E-state index contributed by atoms with van der Waals surface area (Å²) in [6.07, 6.45) is 2.57. The third-order valence-corrected chi connectivity index (χ3v) is 6.33. The predicted molar refractivity (Wildman–Crippen MR) is 115 cm³/mol. The number of nitrogens with zero attached hydrogens (tertiary/aromatic N) is 2. The third kappa shape index (κ3) is 2.59. The van der Waals surface area contributed by atoms with Gasteiger partial charge in [0.2, 0.25) is 0 Å². The highest BCUT2D eigenvalue weighted by Gasteiger charge is 2.45. The Hall–Kier alpha value is -3.45. The molecule has 1 atom stereocenters. The zero-order valence-corrected chi connectivity index (χ0v) is 17.4. The SMILES string of the molecule is C=CCc1c(OC)ccc2nc3c(cc12)Cn1c-3cc2c(c1=O)COC(=O)[C@]2(O)CC. The highest BCUT2D eigenvalue weighted by molar-refractivity contribution is 5.89. The van der Waals surface area contributed by atoms with Gasteiger partial charge in [-0.15, -0.1) is 6.58 Å². The number of methoxy groups -OCH3 is 1. The number of carbonyl (C=O) groups is 1. The number of esters is 1. The number of allylic oxidation sites excluding steroid dienone is 1. The van der Waals surface area contributed by atoms with Crippen LogP contribution in [-0.2, 0) is 34.7 Å². The highest BCUT2D eigenvalue weighted by atomic mass is 16.6. The van der Waals surface area contributed by atoms with Crippen LogP contribution in [0.1, 0.15) is 35.6 Å². The number of hydrogen-bond donors (Lipinski definition) is 1. The van der Waals surface area contributed by atoms with Crippen molar-refractivity contribution in [2.75, 3.05) is 7.11 Å². The maximum Gasteiger partial charge on any atom is 0.343 e.